The Bertz CT molecular complexity index is 1750. The van der Waals surface area contributed by atoms with Crippen LogP contribution in [0.3, 0.4) is 0 Å². The number of nitrogens with zero attached hydrogens (tertiary/aromatic N) is 2. The van der Waals surface area contributed by atoms with Gasteiger partial charge in [-0.05, 0) is 40.7 Å². The van der Waals surface area contributed by atoms with Crippen molar-refractivity contribution < 1.29 is 33.2 Å². The molecule has 3 heterocycles. The third-order valence-electron chi connectivity index (χ3n) is 8.83. The summed E-state index contributed by atoms with van der Waals surface area (Å²) >= 11 is 0. The van der Waals surface area contributed by atoms with E-state index in [0.717, 1.165) is 38.9 Å². The first-order valence-electron chi connectivity index (χ1n) is 15.8. The number of pyridine rings is 2. The van der Waals surface area contributed by atoms with Crippen molar-refractivity contribution in [1.82, 2.24) is 9.97 Å². The molecule has 0 bridgehead atoms. The van der Waals surface area contributed by atoms with Crippen molar-refractivity contribution in [3.05, 3.63) is 103 Å². The summed E-state index contributed by atoms with van der Waals surface area (Å²) < 4.78 is 35.4. The number of ketones is 1. The molecule has 2 unspecified atom stereocenters. The van der Waals surface area contributed by atoms with Gasteiger partial charge in [-0.1, -0.05) is 38.3 Å². The predicted octanol–water partition coefficient (Wildman–Crippen LogP) is 7.81. The first-order chi connectivity index (χ1) is 24.0. The molecule has 1 saturated heterocycles. The van der Waals surface area contributed by atoms with Crippen molar-refractivity contribution in [2.24, 2.45) is 0 Å². The molecule has 3 aromatic carbocycles. The fourth-order valence-corrected chi connectivity index (χ4v) is 10.3. The van der Waals surface area contributed by atoms with Crippen LogP contribution in [-0.4, -0.2) is 58.4 Å². The second-order valence-electron chi connectivity index (χ2n) is 11.4. The molecule has 1 fully saturated rings. The van der Waals surface area contributed by atoms with Gasteiger partial charge in [-0.2, -0.15) is 0 Å². The second kappa shape index (κ2) is 15.0. The Balaban J connectivity index is 1.78. The molecule has 1 aliphatic rings. The second-order valence-corrected chi connectivity index (χ2v) is 13.9. The van der Waals surface area contributed by atoms with Crippen LogP contribution in [0.5, 0.6) is 34.5 Å². The fraction of sp³-hybridized carbons (Fsp3) is 0.256. The van der Waals surface area contributed by atoms with Crippen LogP contribution in [0.2, 0.25) is 0 Å². The number of Topliss-reactive ketones (excluding diaryl/α,β-unsaturated/α-hetero) is 1. The lowest BCUT2D eigenvalue weighted by atomic mass is 9.96. The first kappa shape index (κ1) is 33.7. The highest BCUT2D eigenvalue weighted by atomic mass is 31.1. The summed E-state index contributed by atoms with van der Waals surface area (Å²) in [7, 11) is 8.47. The predicted molar refractivity (Wildman–Crippen MR) is 191 cm³/mol. The van der Waals surface area contributed by atoms with Gasteiger partial charge in [-0.15, -0.1) is 0 Å². The number of methoxy groups -OCH3 is 6. The molecule has 0 radical (unpaired) electrons. The zero-order chi connectivity index (χ0) is 34.5. The number of ether oxygens (including phenoxy) is 6. The zero-order valence-corrected chi connectivity index (χ0v) is 29.3. The highest BCUT2D eigenvalue weighted by molar-refractivity contribution is 7.67. The molecule has 0 aliphatic carbocycles. The van der Waals surface area contributed by atoms with E-state index in [9.17, 15) is 4.79 Å². The van der Waals surface area contributed by atoms with E-state index in [4.69, 9.17) is 38.4 Å². The summed E-state index contributed by atoms with van der Waals surface area (Å²) in [6.45, 7) is 0. The summed E-state index contributed by atoms with van der Waals surface area (Å²) in [6.07, 6.45) is 4.26. The summed E-state index contributed by atoms with van der Waals surface area (Å²) in [5.74, 6) is 3.68. The number of benzene rings is 3. The van der Waals surface area contributed by atoms with Gasteiger partial charge in [-0.25, -0.2) is 0 Å². The minimum Gasteiger partial charge on any atom is -0.496 e. The van der Waals surface area contributed by atoms with E-state index >= 15 is 0 Å². The highest BCUT2D eigenvalue weighted by Gasteiger charge is 2.43. The lowest BCUT2D eigenvalue weighted by Gasteiger charge is -2.40. The molecule has 0 N–H and O–H groups in total. The van der Waals surface area contributed by atoms with E-state index in [-0.39, 0.29) is 17.1 Å². The van der Waals surface area contributed by atoms with Gasteiger partial charge in [0.2, 0.25) is 0 Å². The molecule has 2 atom stereocenters. The molecule has 0 saturated carbocycles. The van der Waals surface area contributed by atoms with Crippen LogP contribution in [0.25, 0.3) is 22.3 Å². The summed E-state index contributed by atoms with van der Waals surface area (Å²) in [5.41, 5.74) is 4.54. The Labute approximate surface area is 287 Å². The third kappa shape index (κ3) is 6.51. The van der Waals surface area contributed by atoms with Gasteiger partial charge in [0.1, 0.15) is 40.3 Å². The van der Waals surface area contributed by atoms with Crippen molar-refractivity contribution in [3.8, 4) is 56.8 Å². The van der Waals surface area contributed by atoms with Crippen molar-refractivity contribution in [1.29, 1.82) is 0 Å². The monoisotopic (exact) mass is 678 g/mol. The van der Waals surface area contributed by atoms with Gasteiger partial charge in [0.15, 0.2) is 0 Å². The zero-order valence-electron chi connectivity index (χ0n) is 28.4. The largest absolute Gasteiger partial charge is 0.496 e. The molecule has 6 rings (SSSR count). The van der Waals surface area contributed by atoms with E-state index in [0.29, 0.717) is 47.3 Å². The highest BCUT2D eigenvalue weighted by Crippen LogP contribution is 2.68. The van der Waals surface area contributed by atoms with Crippen LogP contribution in [0.4, 0.5) is 0 Å². The molecule has 49 heavy (non-hydrogen) atoms. The minimum absolute atomic E-state index is 0.170. The average molecular weight is 679 g/mol. The first-order valence-corrected chi connectivity index (χ1v) is 17.3. The normalized spacial score (nSPS) is 17.3. The summed E-state index contributed by atoms with van der Waals surface area (Å²) in [5, 5.41) is 1.01. The number of rotatable bonds is 11. The molecular weight excluding hydrogens is 639 g/mol. The Morgan fingerprint density at radius 2 is 0.959 bits per heavy atom. The maximum Gasteiger partial charge on any atom is 0.134 e. The van der Waals surface area contributed by atoms with E-state index in [1.165, 1.54) is 0 Å². The van der Waals surface area contributed by atoms with Gasteiger partial charge >= 0.3 is 0 Å². The van der Waals surface area contributed by atoms with Gasteiger partial charge in [0, 0.05) is 72.2 Å². The Morgan fingerprint density at radius 3 is 1.29 bits per heavy atom. The van der Waals surface area contributed by atoms with Gasteiger partial charge < -0.3 is 28.4 Å². The molecule has 1 aliphatic heterocycles. The topological polar surface area (TPSA) is 98.2 Å². The Hall–Kier alpha value is -5.14. The summed E-state index contributed by atoms with van der Waals surface area (Å²) in [6, 6.07) is 25.4. The Kier molecular flexibility index (Phi) is 10.3. The van der Waals surface area contributed by atoms with Crippen LogP contribution >= 0.6 is 7.92 Å². The van der Waals surface area contributed by atoms with Gasteiger partial charge in [0.25, 0.3) is 0 Å². The average Bonchev–Trinajstić information content (AvgIpc) is 3.16. The summed E-state index contributed by atoms with van der Waals surface area (Å²) in [4.78, 5) is 23.4. The van der Waals surface area contributed by atoms with Crippen molar-refractivity contribution in [2.45, 2.75) is 24.2 Å². The van der Waals surface area contributed by atoms with E-state index < -0.39 is 7.92 Å². The lowest BCUT2D eigenvalue weighted by Crippen LogP contribution is -2.26. The SMILES string of the molecule is COc1cc(OC)c(-c2cccc(-c3c(OC)cc(OC)cc3OC)c2P2C(c3ccccn3)CC(=O)CC2c2ccccn2)c(OC)c1. The lowest BCUT2D eigenvalue weighted by molar-refractivity contribution is -0.119. The third-order valence-corrected chi connectivity index (χ3v) is 12.1. The quantitative estimate of drug-likeness (QED) is 0.130. The molecular formula is C39H39N2O7P. The standard InChI is InChI=1S/C39H39N2O7P/c1-43-25-20-31(45-3)37(32(21-25)46-4)27-12-11-13-28(38-33(47-5)22-26(44-2)23-34(38)48-6)39(27)49-35(29-14-7-9-16-40-29)18-24(42)19-36(49)30-15-8-10-17-41-30/h7-17,20-23,35-36H,18-19H2,1-6H3. The van der Waals surface area contributed by atoms with E-state index in [1.807, 2.05) is 66.7 Å². The molecule has 2 aromatic heterocycles. The smallest absolute Gasteiger partial charge is 0.134 e. The number of hydrogen-bond acceptors (Lipinski definition) is 9. The molecule has 252 valence electrons. The fourth-order valence-electron chi connectivity index (χ4n) is 6.65. The molecule has 9 nitrogen and oxygen atoms in total. The van der Waals surface area contributed by atoms with Gasteiger partial charge in [0.05, 0.1) is 53.8 Å². The molecule has 0 spiro atoms. The number of hydrogen-bond donors (Lipinski definition) is 0. The maximum absolute atomic E-state index is 13.7. The van der Waals surface area contributed by atoms with Crippen molar-refractivity contribution in [3.63, 3.8) is 0 Å². The van der Waals surface area contributed by atoms with Crippen LogP contribution in [0.1, 0.15) is 35.5 Å². The van der Waals surface area contributed by atoms with Gasteiger partial charge in [-0.3, -0.25) is 14.8 Å². The number of aromatic nitrogens is 2. The van der Waals surface area contributed by atoms with Crippen LogP contribution in [0, 0.1) is 0 Å². The van der Waals surface area contributed by atoms with Crippen LogP contribution in [-0.2, 0) is 4.79 Å². The molecule has 5 aromatic rings. The molecule has 10 heteroatoms. The number of carbonyl (C=O) groups is 1. The molecule has 0 amide bonds. The van der Waals surface area contributed by atoms with E-state index in [1.54, 1.807) is 55.1 Å². The van der Waals surface area contributed by atoms with Crippen LogP contribution in [0.15, 0.2) is 91.3 Å². The Morgan fingerprint density at radius 1 is 0.551 bits per heavy atom. The van der Waals surface area contributed by atoms with Crippen molar-refractivity contribution >= 4 is 19.0 Å². The minimum atomic E-state index is -1.28. The van der Waals surface area contributed by atoms with Crippen molar-refractivity contribution in [2.75, 3.05) is 42.7 Å². The van der Waals surface area contributed by atoms with Crippen LogP contribution < -0.4 is 33.7 Å². The maximum atomic E-state index is 13.7. The van der Waals surface area contributed by atoms with E-state index in [2.05, 4.69) is 12.1 Å². The number of carbonyl (C=O) groups excluding carboxylic acids is 1.